The van der Waals surface area contributed by atoms with Crippen molar-refractivity contribution in [2.24, 2.45) is 0 Å². The van der Waals surface area contributed by atoms with Gasteiger partial charge in [-0.25, -0.2) is 0 Å². The van der Waals surface area contributed by atoms with Crippen molar-refractivity contribution in [1.29, 1.82) is 0 Å². The number of rotatable bonds is 3. The molecule has 1 N–H and O–H groups in total. The topological polar surface area (TPSA) is 62.3 Å². The maximum absolute atomic E-state index is 12.4. The molecule has 1 saturated heterocycles. The molecule has 1 aromatic heterocycles. The first-order valence-electron chi connectivity index (χ1n) is 6.80. The highest BCUT2D eigenvalue weighted by atomic mass is 79.9. The van der Waals surface area contributed by atoms with E-state index in [4.69, 9.17) is 12.2 Å². The van der Waals surface area contributed by atoms with Gasteiger partial charge in [-0.3, -0.25) is 20.0 Å². The second-order valence-corrected chi connectivity index (χ2v) is 7.31. The number of aromatic nitrogens is 1. The Morgan fingerprint density at radius 2 is 2.00 bits per heavy atom. The van der Waals surface area contributed by atoms with Gasteiger partial charge in [-0.2, -0.15) is 5.01 Å². The number of hydrogen-bond donors (Lipinski definition) is 1. The molecule has 2 heterocycles. The predicted molar refractivity (Wildman–Crippen MR) is 101 cm³/mol. The molecule has 0 atom stereocenters. The molecule has 5 nitrogen and oxygen atoms in total. The van der Waals surface area contributed by atoms with Gasteiger partial charge in [0.1, 0.15) is 0 Å². The van der Waals surface area contributed by atoms with E-state index >= 15 is 0 Å². The van der Waals surface area contributed by atoms with E-state index in [0.29, 0.717) is 16.2 Å². The zero-order valence-electron chi connectivity index (χ0n) is 12.1. The van der Waals surface area contributed by atoms with Crippen LogP contribution < -0.4 is 5.43 Å². The minimum atomic E-state index is -0.405. The van der Waals surface area contributed by atoms with Crippen LogP contribution in [0, 0.1) is 0 Å². The fourth-order valence-electron chi connectivity index (χ4n) is 1.93. The van der Waals surface area contributed by atoms with Crippen molar-refractivity contribution in [2.45, 2.75) is 0 Å². The summed E-state index contributed by atoms with van der Waals surface area (Å²) in [4.78, 5) is 29.2. The third-order valence-electron chi connectivity index (χ3n) is 3.08. The van der Waals surface area contributed by atoms with Gasteiger partial charge in [-0.15, -0.1) is 0 Å². The van der Waals surface area contributed by atoms with Crippen molar-refractivity contribution in [2.75, 3.05) is 0 Å². The lowest BCUT2D eigenvalue weighted by molar-refractivity contribution is -0.123. The highest BCUT2D eigenvalue weighted by Crippen LogP contribution is 2.31. The van der Waals surface area contributed by atoms with Gasteiger partial charge in [-0.05, 0) is 54.7 Å². The molecule has 0 aliphatic carbocycles. The third kappa shape index (κ3) is 3.72. The highest BCUT2D eigenvalue weighted by Gasteiger charge is 2.33. The quantitative estimate of drug-likeness (QED) is 0.610. The zero-order chi connectivity index (χ0) is 17.1. The molecule has 1 aromatic carbocycles. The van der Waals surface area contributed by atoms with E-state index in [0.717, 1.165) is 21.2 Å². The van der Waals surface area contributed by atoms with Crippen LogP contribution in [0.25, 0.3) is 6.08 Å². The summed E-state index contributed by atoms with van der Waals surface area (Å²) in [6.45, 7) is 0. The Morgan fingerprint density at radius 3 is 2.67 bits per heavy atom. The lowest BCUT2D eigenvalue weighted by Gasteiger charge is -2.15. The van der Waals surface area contributed by atoms with Crippen LogP contribution in [0.3, 0.4) is 0 Å². The SMILES string of the molecule is O=C(NN1C(=O)C(=Cc2ccccn2)SC1=S)c1ccc(Br)cc1. The zero-order valence-corrected chi connectivity index (χ0v) is 15.3. The number of benzene rings is 1. The molecule has 8 heteroatoms. The van der Waals surface area contributed by atoms with Crippen molar-refractivity contribution in [1.82, 2.24) is 15.4 Å². The minimum absolute atomic E-state index is 0.271. The van der Waals surface area contributed by atoms with E-state index in [2.05, 4.69) is 26.3 Å². The lowest BCUT2D eigenvalue weighted by atomic mass is 10.2. The third-order valence-corrected chi connectivity index (χ3v) is 4.91. The Hall–Kier alpha value is -2.03. The Bertz CT molecular complexity index is 838. The molecule has 1 aliphatic rings. The molecule has 3 rings (SSSR count). The van der Waals surface area contributed by atoms with Crippen LogP contribution in [0.1, 0.15) is 16.1 Å². The number of thioether (sulfide) groups is 1. The van der Waals surface area contributed by atoms with Gasteiger partial charge in [0, 0.05) is 16.2 Å². The highest BCUT2D eigenvalue weighted by molar-refractivity contribution is 9.10. The number of thiocarbonyl (C=S) groups is 1. The molecular weight excluding hydrogens is 410 g/mol. The first-order chi connectivity index (χ1) is 11.5. The van der Waals surface area contributed by atoms with E-state index < -0.39 is 5.91 Å². The molecule has 0 saturated carbocycles. The molecule has 1 aliphatic heterocycles. The summed E-state index contributed by atoms with van der Waals surface area (Å²) >= 11 is 9.62. The predicted octanol–water partition coefficient (Wildman–Crippen LogP) is 3.39. The summed E-state index contributed by atoms with van der Waals surface area (Å²) in [6, 6.07) is 12.2. The van der Waals surface area contributed by atoms with Gasteiger partial charge >= 0.3 is 0 Å². The largest absolute Gasteiger partial charge is 0.285 e. The number of pyridine rings is 1. The summed E-state index contributed by atoms with van der Waals surface area (Å²) in [7, 11) is 0. The smallest absolute Gasteiger partial charge is 0.267 e. The van der Waals surface area contributed by atoms with Crippen LogP contribution >= 0.6 is 39.9 Å². The number of hydrazine groups is 1. The van der Waals surface area contributed by atoms with E-state index in [9.17, 15) is 9.59 Å². The van der Waals surface area contributed by atoms with Crippen LogP contribution in [-0.4, -0.2) is 26.1 Å². The van der Waals surface area contributed by atoms with Crippen molar-refractivity contribution >= 4 is 62.1 Å². The summed E-state index contributed by atoms with van der Waals surface area (Å²) in [6.07, 6.45) is 3.28. The molecule has 120 valence electrons. The number of amides is 2. The van der Waals surface area contributed by atoms with Crippen LogP contribution in [0.5, 0.6) is 0 Å². The van der Waals surface area contributed by atoms with E-state index in [1.165, 1.54) is 0 Å². The Balaban J connectivity index is 1.76. The molecule has 2 aromatic rings. The summed E-state index contributed by atoms with van der Waals surface area (Å²) in [5.41, 5.74) is 3.62. The van der Waals surface area contributed by atoms with Gasteiger partial charge in [0.25, 0.3) is 11.8 Å². The standard InChI is InChI=1S/C16H10BrN3O2S2/c17-11-6-4-10(5-7-11)14(21)19-20-15(22)13(24-16(20)23)9-12-3-1-2-8-18-12/h1-9H,(H,19,21). The maximum atomic E-state index is 12.4. The average molecular weight is 420 g/mol. The Labute approximate surface area is 156 Å². The Kier molecular flexibility index (Phi) is 5.08. The molecule has 24 heavy (non-hydrogen) atoms. The Morgan fingerprint density at radius 1 is 1.25 bits per heavy atom. The number of nitrogens with zero attached hydrogens (tertiary/aromatic N) is 2. The van der Waals surface area contributed by atoms with Crippen LogP contribution in [0.4, 0.5) is 0 Å². The molecule has 1 fully saturated rings. The first-order valence-corrected chi connectivity index (χ1v) is 8.82. The van der Waals surface area contributed by atoms with Crippen LogP contribution in [0.15, 0.2) is 58.0 Å². The first kappa shape index (κ1) is 16.8. The molecule has 0 radical (unpaired) electrons. The van der Waals surface area contributed by atoms with Gasteiger partial charge in [0.2, 0.25) is 0 Å². The second kappa shape index (κ2) is 7.25. The molecular formula is C16H10BrN3O2S2. The molecule has 2 amide bonds. The number of halogens is 1. The van der Waals surface area contributed by atoms with Gasteiger partial charge in [0.05, 0.1) is 10.6 Å². The van der Waals surface area contributed by atoms with Crippen molar-refractivity contribution in [3.63, 3.8) is 0 Å². The second-order valence-electron chi connectivity index (χ2n) is 4.72. The number of carbonyl (C=O) groups is 2. The molecule has 0 unspecified atom stereocenters. The summed E-state index contributed by atoms with van der Waals surface area (Å²) < 4.78 is 1.13. The van der Waals surface area contributed by atoms with Crippen molar-refractivity contribution < 1.29 is 9.59 Å². The maximum Gasteiger partial charge on any atom is 0.285 e. The fourth-order valence-corrected chi connectivity index (χ4v) is 3.36. The van der Waals surface area contributed by atoms with Crippen molar-refractivity contribution in [3.8, 4) is 0 Å². The number of carbonyl (C=O) groups excluding carboxylic acids is 2. The fraction of sp³-hybridized carbons (Fsp3) is 0. The number of nitrogens with one attached hydrogen (secondary N) is 1. The van der Waals surface area contributed by atoms with Crippen LogP contribution in [-0.2, 0) is 4.79 Å². The molecule has 0 bridgehead atoms. The van der Waals surface area contributed by atoms with E-state index in [-0.39, 0.29) is 10.2 Å². The monoisotopic (exact) mass is 419 g/mol. The normalized spacial score (nSPS) is 15.9. The van der Waals surface area contributed by atoms with E-state index in [1.54, 1.807) is 48.7 Å². The van der Waals surface area contributed by atoms with Crippen LogP contribution in [0.2, 0.25) is 0 Å². The van der Waals surface area contributed by atoms with Gasteiger partial charge in [-0.1, -0.05) is 33.8 Å². The van der Waals surface area contributed by atoms with Gasteiger partial charge in [0.15, 0.2) is 4.32 Å². The average Bonchev–Trinajstić information content (AvgIpc) is 2.84. The van der Waals surface area contributed by atoms with Crippen molar-refractivity contribution in [3.05, 3.63) is 69.3 Å². The van der Waals surface area contributed by atoms with E-state index in [1.807, 2.05) is 6.07 Å². The minimum Gasteiger partial charge on any atom is -0.267 e. The molecule has 0 spiro atoms. The van der Waals surface area contributed by atoms with Gasteiger partial charge < -0.3 is 0 Å². The summed E-state index contributed by atoms with van der Waals surface area (Å²) in [5.74, 6) is -0.779. The lowest BCUT2D eigenvalue weighted by Crippen LogP contribution is -2.44. The summed E-state index contributed by atoms with van der Waals surface area (Å²) in [5, 5.41) is 1.08. The number of hydrogen-bond acceptors (Lipinski definition) is 5.